The number of rotatable bonds is 4. The SMILES string of the molecule is Cc1ccc(-c2nc(S(=O)(=O)c3ccccc3)c(N3CC(C)CC(C)C3)o2)cc1. The summed E-state index contributed by atoms with van der Waals surface area (Å²) in [5.41, 5.74) is 1.89. The average Bonchev–Trinajstić information content (AvgIpc) is 3.15. The number of nitrogens with zero attached hydrogens (tertiary/aromatic N) is 2. The Morgan fingerprint density at radius 1 is 0.966 bits per heavy atom. The summed E-state index contributed by atoms with van der Waals surface area (Å²) in [6, 6.07) is 16.2. The van der Waals surface area contributed by atoms with Gasteiger partial charge in [0.1, 0.15) is 0 Å². The lowest BCUT2D eigenvalue weighted by Gasteiger charge is -2.34. The molecule has 2 aromatic carbocycles. The third kappa shape index (κ3) is 3.94. The molecule has 2 unspecified atom stereocenters. The molecule has 29 heavy (non-hydrogen) atoms. The smallest absolute Gasteiger partial charge is 0.236 e. The van der Waals surface area contributed by atoms with Gasteiger partial charge in [-0.3, -0.25) is 0 Å². The molecule has 0 aliphatic carbocycles. The van der Waals surface area contributed by atoms with Gasteiger partial charge in [0.05, 0.1) is 4.90 Å². The summed E-state index contributed by atoms with van der Waals surface area (Å²) in [5, 5.41) is 0.000532. The number of piperidine rings is 1. The van der Waals surface area contributed by atoms with E-state index in [2.05, 4.69) is 18.8 Å². The first kappa shape index (κ1) is 19.7. The molecule has 0 N–H and O–H groups in total. The molecule has 2 heterocycles. The Morgan fingerprint density at radius 2 is 1.59 bits per heavy atom. The molecule has 1 aromatic heterocycles. The lowest BCUT2D eigenvalue weighted by Crippen LogP contribution is -2.39. The van der Waals surface area contributed by atoms with Gasteiger partial charge in [-0.2, -0.15) is 4.98 Å². The molecular weight excluding hydrogens is 384 g/mol. The number of aromatic nitrogens is 1. The first-order chi connectivity index (χ1) is 13.8. The van der Waals surface area contributed by atoms with Crippen molar-refractivity contribution in [3.8, 4) is 11.5 Å². The van der Waals surface area contributed by atoms with Crippen LogP contribution in [0.25, 0.3) is 11.5 Å². The van der Waals surface area contributed by atoms with Crippen molar-refractivity contribution in [3.05, 3.63) is 60.2 Å². The molecule has 3 aromatic rings. The van der Waals surface area contributed by atoms with Gasteiger partial charge in [0, 0.05) is 18.7 Å². The molecule has 1 fully saturated rings. The molecule has 1 aliphatic rings. The van der Waals surface area contributed by atoms with E-state index in [1.807, 2.05) is 36.1 Å². The van der Waals surface area contributed by atoms with Gasteiger partial charge in [0.2, 0.25) is 26.6 Å². The minimum absolute atomic E-state index is 0.000532. The Kier molecular flexibility index (Phi) is 5.21. The van der Waals surface area contributed by atoms with Crippen LogP contribution in [0.15, 0.2) is 68.9 Å². The van der Waals surface area contributed by atoms with Crippen molar-refractivity contribution in [1.29, 1.82) is 0 Å². The summed E-state index contributed by atoms with van der Waals surface area (Å²) in [4.78, 5) is 6.75. The van der Waals surface area contributed by atoms with E-state index in [9.17, 15) is 8.42 Å². The van der Waals surface area contributed by atoms with Gasteiger partial charge in [0.15, 0.2) is 0 Å². The van der Waals surface area contributed by atoms with Crippen molar-refractivity contribution >= 4 is 15.7 Å². The van der Waals surface area contributed by atoms with E-state index >= 15 is 0 Å². The zero-order valence-corrected chi connectivity index (χ0v) is 17.8. The molecular formula is C23H26N2O3S. The Labute approximate surface area is 172 Å². The first-order valence-electron chi connectivity index (χ1n) is 9.97. The lowest BCUT2D eigenvalue weighted by molar-refractivity contribution is 0.342. The number of hydrogen-bond acceptors (Lipinski definition) is 5. The second kappa shape index (κ2) is 7.67. The van der Waals surface area contributed by atoms with Crippen molar-refractivity contribution in [3.63, 3.8) is 0 Å². The van der Waals surface area contributed by atoms with Gasteiger partial charge in [-0.1, -0.05) is 49.7 Å². The summed E-state index contributed by atoms with van der Waals surface area (Å²) < 4.78 is 32.9. The van der Waals surface area contributed by atoms with Crippen LogP contribution in [0, 0.1) is 18.8 Å². The third-order valence-corrected chi connectivity index (χ3v) is 7.01. The minimum Gasteiger partial charge on any atom is -0.419 e. The maximum absolute atomic E-state index is 13.4. The maximum Gasteiger partial charge on any atom is 0.236 e. The number of sulfone groups is 1. The van der Waals surface area contributed by atoms with Crippen molar-refractivity contribution < 1.29 is 12.8 Å². The number of hydrogen-bond donors (Lipinski definition) is 0. The van der Waals surface area contributed by atoms with E-state index in [4.69, 9.17) is 4.42 Å². The van der Waals surface area contributed by atoms with E-state index in [0.717, 1.165) is 30.6 Å². The fourth-order valence-corrected chi connectivity index (χ4v) is 5.38. The van der Waals surface area contributed by atoms with Crippen LogP contribution in [-0.2, 0) is 9.84 Å². The lowest BCUT2D eigenvalue weighted by atomic mass is 9.92. The molecule has 0 saturated carbocycles. The predicted molar refractivity (Wildman–Crippen MR) is 114 cm³/mol. The van der Waals surface area contributed by atoms with Crippen molar-refractivity contribution in [2.45, 2.75) is 37.1 Å². The highest BCUT2D eigenvalue weighted by Gasteiger charge is 2.34. The van der Waals surface area contributed by atoms with E-state index in [1.165, 1.54) is 0 Å². The van der Waals surface area contributed by atoms with Gasteiger partial charge in [-0.25, -0.2) is 8.42 Å². The fraction of sp³-hybridized carbons (Fsp3) is 0.348. The topological polar surface area (TPSA) is 63.4 Å². The summed E-state index contributed by atoms with van der Waals surface area (Å²) in [7, 11) is -3.80. The highest BCUT2D eigenvalue weighted by atomic mass is 32.2. The van der Waals surface area contributed by atoms with Crippen LogP contribution in [0.1, 0.15) is 25.8 Å². The zero-order valence-electron chi connectivity index (χ0n) is 17.0. The number of anilines is 1. The summed E-state index contributed by atoms with van der Waals surface area (Å²) in [6.07, 6.45) is 1.12. The summed E-state index contributed by atoms with van der Waals surface area (Å²) >= 11 is 0. The molecule has 6 heteroatoms. The van der Waals surface area contributed by atoms with Crippen LogP contribution in [0.2, 0.25) is 0 Å². The van der Waals surface area contributed by atoms with Crippen molar-refractivity contribution in [2.75, 3.05) is 18.0 Å². The highest BCUT2D eigenvalue weighted by Crippen LogP contribution is 2.37. The van der Waals surface area contributed by atoms with Crippen LogP contribution >= 0.6 is 0 Å². The van der Waals surface area contributed by atoms with Gasteiger partial charge in [-0.15, -0.1) is 0 Å². The van der Waals surface area contributed by atoms with E-state index in [0.29, 0.717) is 23.6 Å². The molecule has 4 rings (SSSR count). The van der Waals surface area contributed by atoms with Crippen LogP contribution < -0.4 is 4.90 Å². The molecule has 0 amide bonds. The van der Waals surface area contributed by atoms with Gasteiger partial charge >= 0.3 is 0 Å². The molecule has 152 valence electrons. The normalized spacial score (nSPS) is 20.0. The van der Waals surface area contributed by atoms with Crippen molar-refractivity contribution in [1.82, 2.24) is 4.98 Å². The van der Waals surface area contributed by atoms with Crippen LogP contribution in [-0.4, -0.2) is 26.5 Å². The summed E-state index contributed by atoms with van der Waals surface area (Å²) in [5.74, 6) is 1.60. The average molecular weight is 411 g/mol. The van der Waals surface area contributed by atoms with Gasteiger partial charge < -0.3 is 9.32 Å². The number of benzene rings is 2. The monoisotopic (exact) mass is 410 g/mol. The molecule has 1 aliphatic heterocycles. The second-order valence-electron chi connectivity index (χ2n) is 8.16. The Morgan fingerprint density at radius 3 is 2.21 bits per heavy atom. The Bertz CT molecular complexity index is 1080. The predicted octanol–water partition coefficient (Wildman–Crippen LogP) is 4.97. The quantitative estimate of drug-likeness (QED) is 0.608. The molecule has 5 nitrogen and oxygen atoms in total. The highest BCUT2D eigenvalue weighted by molar-refractivity contribution is 7.91. The standard InChI is InChI=1S/C23H26N2O3S/c1-16-9-11-19(12-10-16)21-24-22(29(26,27)20-7-5-4-6-8-20)23(28-21)25-14-17(2)13-18(3)15-25/h4-12,17-18H,13-15H2,1-3H3. The van der Waals surface area contributed by atoms with E-state index in [1.54, 1.807) is 30.3 Å². The third-order valence-electron chi connectivity index (χ3n) is 5.34. The first-order valence-corrected chi connectivity index (χ1v) is 11.5. The van der Waals surface area contributed by atoms with Crippen LogP contribution in [0.5, 0.6) is 0 Å². The fourth-order valence-electron chi connectivity index (χ4n) is 4.03. The number of oxazole rings is 1. The van der Waals surface area contributed by atoms with Gasteiger partial charge in [-0.05, 0) is 49.4 Å². The second-order valence-corrected chi connectivity index (χ2v) is 10.0. The maximum atomic E-state index is 13.4. The molecule has 1 saturated heterocycles. The largest absolute Gasteiger partial charge is 0.419 e. The Balaban J connectivity index is 1.85. The molecule has 0 spiro atoms. The van der Waals surface area contributed by atoms with Crippen LogP contribution in [0.4, 0.5) is 5.88 Å². The Hall–Kier alpha value is -2.60. The molecule has 2 atom stereocenters. The van der Waals surface area contributed by atoms with E-state index < -0.39 is 9.84 Å². The van der Waals surface area contributed by atoms with Crippen LogP contribution in [0.3, 0.4) is 0 Å². The zero-order chi connectivity index (χ0) is 20.6. The van der Waals surface area contributed by atoms with E-state index in [-0.39, 0.29) is 9.92 Å². The minimum atomic E-state index is -3.80. The van der Waals surface area contributed by atoms with Crippen molar-refractivity contribution in [2.24, 2.45) is 11.8 Å². The molecule has 0 bridgehead atoms. The number of aryl methyl sites for hydroxylation is 1. The summed E-state index contributed by atoms with van der Waals surface area (Å²) in [6.45, 7) is 7.89. The molecule has 0 radical (unpaired) electrons. The van der Waals surface area contributed by atoms with Gasteiger partial charge in [0.25, 0.3) is 0 Å².